The van der Waals surface area contributed by atoms with Gasteiger partial charge in [-0.1, -0.05) is 0 Å². The molecule has 2 rings (SSSR count). The van der Waals surface area contributed by atoms with Crippen LogP contribution in [0.15, 0.2) is 22.8 Å². The normalized spacial score (nSPS) is 29.5. The SMILES string of the molecule is CCOC(=O)[C@@H]1[C@@H](C)ON(C)[C@H]1c1ccco1. The van der Waals surface area contributed by atoms with Crippen LogP contribution < -0.4 is 0 Å². The molecule has 0 unspecified atom stereocenters. The average Bonchev–Trinajstić information content (AvgIpc) is 2.85. The predicted molar refractivity (Wildman–Crippen MR) is 59.9 cm³/mol. The van der Waals surface area contributed by atoms with Crippen molar-refractivity contribution in [2.45, 2.75) is 26.0 Å². The van der Waals surface area contributed by atoms with Gasteiger partial charge in [0.25, 0.3) is 0 Å². The minimum absolute atomic E-state index is 0.214. The zero-order valence-corrected chi connectivity index (χ0v) is 10.3. The molecule has 0 spiro atoms. The Morgan fingerprint density at radius 1 is 1.59 bits per heavy atom. The van der Waals surface area contributed by atoms with Crippen molar-refractivity contribution in [1.29, 1.82) is 0 Å². The molecule has 0 bridgehead atoms. The molecule has 1 saturated heterocycles. The lowest BCUT2D eigenvalue weighted by Gasteiger charge is -2.19. The summed E-state index contributed by atoms with van der Waals surface area (Å²) in [5.74, 6) is 0.117. The number of hydrogen-bond donors (Lipinski definition) is 0. The smallest absolute Gasteiger partial charge is 0.313 e. The van der Waals surface area contributed by atoms with E-state index >= 15 is 0 Å². The monoisotopic (exact) mass is 239 g/mol. The Bertz CT molecular complexity index is 376. The van der Waals surface area contributed by atoms with E-state index in [1.807, 2.05) is 13.0 Å². The number of hydroxylamine groups is 2. The molecule has 0 aromatic carbocycles. The van der Waals surface area contributed by atoms with Gasteiger partial charge in [0.2, 0.25) is 0 Å². The molecule has 0 N–H and O–H groups in total. The van der Waals surface area contributed by atoms with Gasteiger partial charge in [0.05, 0.1) is 19.0 Å². The first-order valence-corrected chi connectivity index (χ1v) is 5.74. The molecule has 17 heavy (non-hydrogen) atoms. The van der Waals surface area contributed by atoms with Gasteiger partial charge in [-0.2, -0.15) is 5.06 Å². The van der Waals surface area contributed by atoms with Crippen molar-refractivity contribution in [3.63, 3.8) is 0 Å². The molecule has 5 nitrogen and oxygen atoms in total. The molecule has 94 valence electrons. The van der Waals surface area contributed by atoms with Crippen LogP contribution in [-0.4, -0.2) is 30.8 Å². The summed E-state index contributed by atoms with van der Waals surface area (Å²) in [6.07, 6.45) is 1.38. The fraction of sp³-hybridized carbons (Fsp3) is 0.583. The van der Waals surface area contributed by atoms with Crippen LogP contribution in [0.1, 0.15) is 25.6 Å². The maximum absolute atomic E-state index is 11.9. The zero-order valence-electron chi connectivity index (χ0n) is 10.3. The van der Waals surface area contributed by atoms with Crippen molar-refractivity contribution in [1.82, 2.24) is 5.06 Å². The molecular weight excluding hydrogens is 222 g/mol. The van der Waals surface area contributed by atoms with E-state index in [0.29, 0.717) is 6.61 Å². The average molecular weight is 239 g/mol. The van der Waals surface area contributed by atoms with Gasteiger partial charge in [0.1, 0.15) is 17.7 Å². The molecule has 2 heterocycles. The van der Waals surface area contributed by atoms with E-state index in [4.69, 9.17) is 14.0 Å². The summed E-state index contributed by atoms with van der Waals surface area (Å²) in [6, 6.07) is 3.42. The molecule has 1 aromatic rings. The Morgan fingerprint density at radius 2 is 2.35 bits per heavy atom. The molecule has 5 heteroatoms. The molecule has 0 aliphatic carbocycles. The van der Waals surface area contributed by atoms with E-state index in [9.17, 15) is 4.79 Å². The van der Waals surface area contributed by atoms with Crippen LogP contribution in [0.25, 0.3) is 0 Å². The number of furan rings is 1. The summed E-state index contributed by atoms with van der Waals surface area (Å²) in [6.45, 7) is 4.03. The van der Waals surface area contributed by atoms with Gasteiger partial charge >= 0.3 is 5.97 Å². The lowest BCUT2D eigenvalue weighted by molar-refractivity contribution is -0.151. The quantitative estimate of drug-likeness (QED) is 0.752. The fourth-order valence-corrected chi connectivity index (χ4v) is 2.25. The summed E-state index contributed by atoms with van der Waals surface area (Å²) in [5.41, 5.74) is 0. The maximum atomic E-state index is 11.9. The van der Waals surface area contributed by atoms with Gasteiger partial charge in [-0.15, -0.1) is 0 Å². The van der Waals surface area contributed by atoms with E-state index in [1.54, 1.807) is 31.4 Å². The number of ether oxygens (including phenoxy) is 1. The highest BCUT2D eigenvalue weighted by Gasteiger charge is 2.46. The Morgan fingerprint density at radius 3 is 2.94 bits per heavy atom. The molecule has 3 atom stereocenters. The van der Waals surface area contributed by atoms with Crippen LogP contribution in [0, 0.1) is 5.92 Å². The molecule has 1 aromatic heterocycles. The highest BCUT2D eigenvalue weighted by molar-refractivity contribution is 5.74. The van der Waals surface area contributed by atoms with E-state index in [2.05, 4.69) is 0 Å². The van der Waals surface area contributed by atoms with Crippen LogP contribution in [0.3, 0.4) is 0 Å². The lowest BCUT2D eigenvalue weighted by atomic mass is 9.94. The number of hydrogen-bond acceptors (Lipinski definition) is 5. The van der Waals surface area contributed by atoms with E-state index in [0.717, 1.165) is 5.76 Å². The van der Waals surface area contributed by atoms with Gasteiger partial charge in [-0.25, -0.2) is 0 Å². The maximum Gasteiger partial charge on any atom is 0.313 e. The van der Waals surface area contributed by atoms with Gasteiger partial charge < -0.3 is 9.15 Å². The molecule has 1 aliphatic heterocycles. The van der Waals surface area contributed by atoms with Crippen molar-refractivity contribution < 1.29 is 18.8 Å². The Labute approximate surface area is 100 Å². The fourth-order valence-electron chi connectivity index (χ4n) is 2.25. The minimum atomic E-state index is -0.355. The number of carbonyl (C=O) groups is 1. The molecule has 0 saturated carbocycles. The van der Waals surface area contributed by atoms with E-state index in [1.165, 1.54) is 0 Å². The van der Waals surface area contributed by atoms with Crippen molar-refractivity contribution >= 4 is 5.97 Å². The minimum Gasteiger partial charge on any atom is -0.468 e. The summed E-state index contributed by atoms with van der Waals surface area (Å²) >= 11 is 0. The Balaban J connectivity index is 2.24. The highest BCUT2D eigenvalue weighted by atomic mass is 16.7. The number of rotatable bonds is 3. The number of nitrogens with zero attached hydrogens (tertiary/aromatic N) is 1. The van der Waals surface area contributed by atoms with Gasteiger partial charge in [0.15, 0.2) is 0 Å². The Kier molecular flexibility index (Phi) is 3.49. The summed E-state index contributed by atoms with van der Waals surface area (Å²) in [5, 5.41) is 1.66. The molecular formula is C12H17NO4. The van der Waals surface area contributed by atoms with Crippen LogP contribution in [-0.2, 0) is 14.4 Å². The van der Waals surface area contributed by atoms with Gasteiger partial charge in [0, 0.05) is 7.05 Å². The summed E-state index contributed by atoms with van der Waals surface area (Å²) in [4.78, 5) is 17.5. The number of esters is 1. The van der Waals surface area contributed by atoms with Crippen LogP contribution in [0.5, 0.6) is 0 Å². The first-order valence-electron chi connectivity index (χ1n) is 5.74. The van der Waals surface area contributed by atoms with Gasteiger partial charge in [-0.05, 0) is 26.0 Å². The zero-order chi connectivity index (χ0) is 12.4. The third-order valence-corrected chi connectivity index (χ3v) is 2.96. The summed E-state index contributed by atoms with van der Waals surface area (Å²) < 4.78 is 10.5. The van der Waals surface area contributed by atoms with E-state index in [-0.39, 0.29) is 24.0 Å². The van der Waals surface area contributed by atoms with Gasteiger partial charge in [-0.3, -0.25) is 9.63 Å². The third-order valence-electron chi connectivity index (χ3n) is 2.96. The lowest BCUT2D eigenvalue weighted by Crippen LogP contribution is -2.29. The van der Waals surface area contributed by atoms with Crippen molar-refractivity contribution in [3.8, 4) is 0 Å². The second-order valence-electron chi connectivity index (χ2n) is 4.09. The molecule has 1 fully saturated rings. The van der Waals surface area contributed by atoms with Crippen LogP contribution >= 0.6 is 0 Å². The molecule has 1 aliphatic rings. The van der Waals surface area contributed by atoms with Crippen molar-refractivity contribution in [3.05, 3.63) is 24.2 Å². The topological polar surface area (TPSA) is 51.9 Å². The Hall–Kier alpha value is -1.33. The van der Waals surface area contributed by atoms with Crippen LogP contribution in [0.4, 0.5) is 0 Å². The van der Waals surface area contributed by atoms with E-state index < -0.39 is 0 Å². The first-order chi connectivity index (χ1) is 8.15. The molecule has 0 radical (unpaired) electrons. The standard InChI is InChI=1S/C12H17NO4/c1-4-15-12(14)10-8(2)17-13(3)11(10)9-6-5-7-16-9/h5-8,10-11H,4H2,1-3H3/t8-,10-,11+/m1/s1. The second-order valence-corrected chi connectivity index (χ2v) is 4.09. The first kappa shape index (κ1) is 12.1. The highest BCUT2D eigenvalue weighted by Crippen LogP contribution is 2.38. The van der Waals surface area contributed by atoms with Crippen molar-refractivity contribution in [2.24, 2.45) is 5.92 Å². The second kappa shape index (κ2) is 4.89. The van der Waals surface area contributed by atoms with Crippen LogP contribution in [0.2, 0.25) is 0 Å². The molecule has 0 amide bonds. The summed E-state index contributed by atoms with van der Waals surface area (Å²) in [7, 11) is 1.79. The predicted octanol–water partition coefficient (Wildman–Crippen LogP) is 1.77. The largest absolute Gasteiger partial charge is 0.468 e. The van der Waals surface area contributed by atoms with Crippen molar-refractivity contribution in [2.75, 3.05) is 13.7 Å². The number of carbonyl (C=O) groups excluding carboxylic acids is 1. The third kappa shape index (κ3) is 2.21.